The summed E-state index contributed by atoms with van der Waals surface area (Å²) in [5.74, 6) is 3.32. The van der Waals surface area contributed by atoms with Gasteiger partial charge in [-0.1, -0.05) is 254 Å². The van der Waals surface area contributed by atoms with Gasteiger partial charge in [0, 0.05) is 26.4 Å². The third kappa shape index (κ3) is 22.8. The van der Waals surface area contributed by atoms with Crippen LogP contribution in [0.3, 0.4) is 0 Å². The van der Waals surface area contributed by atoms with E-state index < -0.39 is 0 Å². The van der Waals surface area contributed by atoms with Crippen LogP contribution >= 0.6 is 0 Å². The number of hydrogen-bond acceptors (Lipinski definition) is 2. The average Bonchev–Trinajstić information content (AvgIpc) is 4.10. The summed E-state index contributed by atoms with van der Waals surface area (Å²) in [6.07, 6.45) is 9.12. The van der Waals surface area contributed by atoms with Gasteiger partial charge in [-0.25, -0.2) is 0 Å². The zero-order chi connectivity index (χ0) is 53.7. The molecule has 0 saturated carbocycles. The Balaban J connectivity index is 0.000000604. The number of nitrogens with zero attached hydrogens (tertiary/aromatic N) is 4. The summed E-state index contributed by atoms with van der Waals surface area (Å²) in [5.41, 5.74) is 17.9. The minimum Gasteiger partial charge on any atom is -0.661 e. The molecule has 8 heteroatoms. The molecule has 0 unspecified atom stereocenters. The van der Waals surface area contributed by atoms with Gasteiger partial charge in [-0.05, 0) is 73.0 Å². The van der Waals surface area contributed by atoms with Gasteiger partial charge in [-0.15, -0.1) is 47.3 Å². The van der Waals surface area contributed by atoms with Gasteiger partial charge in [0.15, 0.2) is 0 Å². The molecule has 6 rings (SSSR count). The first-order valence-corrected chi connectivity index (χ1v) is 27.3. The number of benzene rings is 4. The van der Waals surface area contributed by atoms with Gasteiger partial charge in [0.05, 0.1) is 0 Å². The SMILES string of the molecule is C1CCOC1.C1CCOC1.C=C(/C=C(/C)[N-]c1c(C(C)C)cccc1C(C)C)[N-]c1c(C(C)C)cccc1C(C)C.C=C(/C=C(/C)[N-]c1c(C(C)C)cccc1C(C)C)[N-]c1c(C(C)C)cccc1C(C)C.[Ca+2].[Ca+2]. The van der Waals surface area contributed by atoms with Crippen molar-refractivity contribution in [3.63, 3.8) is 0 Å². The van der Waals surface area contributed by atoms with E-state index in [-0.39, 0.29) is 75.5 Å². The third-order valence-electron chi connectivity index (χ3n) is 12.9. The largest absolute Gasteiger partial charge is 2.00 e. The molecule has 0 spiro atoms. The number of para-hydroxylation sites is 4. The number of hydrogen-bond donors (Lipinski definition) is 0. The maximum absolute atomic E-state index is 5.04. The molecule has 0 amide bonds. The summed E-state index contributed by atoms with van der Waals surface area (Å²) in [4.78, 5) is 0. The fourth-order valence-corrected chi connectivity index (χ4v) is 8.84. The van der Waals surface area contributed by atoms with Crippen LogP contribution in [0.15, 0.2) is 121 Å². The first-order chi connectivity index (χ1) is 34.0. The van der Waals surface area contributed by atoms with Crippen LogP contribution in [0.4, 0.5) is 22.7 Å². The molecule has 4 aromatic carbocycles. The predicted molar refractivity (Wildman–Crippen MR) is 328 cm³/mol. The second kappa shape index (κ2) is 35.8. The Morgan fingerprint density at radius 2 is 0.527 bits per heavy atom. The van der Waals surface area contributed by atoms with Gasteiger partial charge in [0.2, 0.25) is 0 Å². The Morgan fingerprint density at radius 3 is 0.676 bits per heavy atom. The van der Waals surface area contributed by atoms with Crippen molar-refractivity contribution in [2.75, 3.05) is 26.4 Å². The zero-order valence-corrected chi connectivity index (χ0v) is 54.2. The maximum atomic E-state index is 5.04. The molecule has 0 radical (unpaired) electrons. The smallest absolute Gasteiger partial charge is 0.661 e. The molecule has 74 heavy (non-hydrogen) atoms. The average molecular weight is 1060 g/mol. The number of ether oxygens (including phenoxy) is 2. The van der Waals surface area contributed by atoms with E-state index in [1.807, 2.05) is 26.0 Å². The fraction of sp³-hybridized carbons (Fsp3) is 0.515. The summed E-state index contributed by atoms with van der Waals surface area (Å²) in [6.45, 7) is 52.1. The molecule has 2 aliphatic heterocycles. The van der Waals surface area contributed by atoms with Crippen LogP contribution in [-0.2, 0) is 9.47 Å². The van der Waals surface area contributed by atoms with Gasteiger partial charge in [0.1, 0.15) is 0 Å². The predicted octanol–water partition coefficient (Wildman–Crippen LogP) is 21.4. The molecule has 2 heterocycles. The van der Waals surface area contributed by atoms with E-state index in [0.29, 0.717) is 47.3 Å². The Kier molecular flexibility index (Phi) is 33.6. The van der Waals surface area contributed by atoms with E-state index in [1.165, 1.54) is 70.2 Å². The standard InChI is InChI=1S/2C29H40N2.2C4H8O.2Ca/c2*1-18(2)24-13-11-14-25(19(3)4)28(24)30-22(9)17-23(10)31-29-26(20(5)6)15-12-16-27(29)21(7)8;2*1-2-4-5-3-1;;/h2*11-21H,9H2,1-8,10H3;2*1-4H2;;/q2*-2;;;2*+2/b2*23-17-;;;;. The minimum absolute atomic E-state index is 0. The Hall–Kier alpha value is -2.52. The van der Waals surface area contributed by atoms with Gasteiger partial charge >= 0.3 is 75.5 Å². The molecular weight excluding hydrogens is 961 g/mol. The van der Waals surface area contributed by atoms with Crippen molar-refractivity contribution < 1.29 is 9.47 Å². The van der Waals surface area contributed by atoms with E-state index >= 15 is 0 Å². The second-order valence-electron chi connectivity index (χ2n) is 22.0. The van der Waals surface area contributed by atoms with Crippen molar-refractivity contribution in [2.45, 2.75) is 198 Å². The van der Waals surface area contributed by atoms with Crippen LogP contribution in [0.25, 0.3) is 21.3 Å². The molecule has 0 N–H and O–H groups in total. The normalized spacial score (nSPS) is 13.5. The van der Waals surface area contributed by atoms with Crippen molar-refractivity contribution in [1.82, 2.24) is 0 Å². The van der Waals surface area contributed by atoms with Crippen molar-refractivity contribution in [1.29, 1.82) is 0 Å². The molecule has 0 bridgehead atoms. The van der Waals surface area contributed by atoms with E-state index in [9.17, 15) is 0 Å². The molecule has 396 valence electrons. The summed E-state index contributed by atoms with van der Waals surface area (Å²) in [7, 11) is 0. The van der Waals surface area contributed by atoms with E-state index in [2.05, 4.69) is 197 Å². The summed E-state index contributed by atoms with van der Waals surface area (Å²) in [5, 5.41) is 20.0. The molecule has 6 nitrogen and oxygen atoms in total. The van der Waals surface area contributed by atoms with Crippen molar-refractivity contribution in [2.24, 2.45) is 0 Å². The molecule has 4 aromatic rings. The van der Waals surface area contributed by atoms with E-state index in [0.717, 1.165) is 72.0 Å². The van der Waals surface area contributed by atoms with E-state index in [1.54, 1.807) is 0 Å². The minimum atomic E-state index is 0. The first kappa shape index (κ1) is 69.5. The molecule has 2 aliphatic rings. The van der Waals surface area contributed by atoms with Crippen molar-refractivity contribution >= 4 is 98.2 Å². The summed E-state index contributed by atoms with van der Waals surface area (Å²) >= 11 is 0. The Morgan fingerprint density at radius 1 is 0.351 bits per heavy atom. The Bertz CT molecular complexity index is 2080. The second-order valence-corrected chi connectivity index (χ2v) is 22.0. The first-order valence-electron chi connectivity index (χ1n) is 27.3. The van der Waals surface area contributed by atoms with Gasteiger partial charge < -0.3 is 30.7 Å². The molecule has 0 aromatic heterocycles. The maximum Gasteiger partial charge on any atom is 2.00 e. The van der Waals surface area contributed by atoms with Crippen LogP contribution < -0.4 is 0 Å². The van der Waals surface area contributed by atoms with Crippen molar-refractivity contribution in [3.05, 3.63) is 187 Å². The van der Waals surface area contributed by atoms with Crippen LogP contribution in [0.1, 0.15) is 242 Å². The molecule has 2 saturated heterocycles. The third-order valence-corrected chi connectivity index (χ3v) is 12.9. The summed E-state index contributed by atoms with van der Waals surface area (Å²) < 4.78 is 9.89. The Labute approximate surface area is 513 Å². The number of rotatable bonds is 18. The topological polar surface area (TPSA) is 74.9 Å². The molecule has 0 aliphatic carbocycles. The molecule has 2 fully saturated rings. The van der Waals surface area contributed by atoms with Gasteiger partial charge in [0.25, 0.3) is 0 Å². The van der Waals surface area contributed by atoms with Gasteiger partial charge in [-0.3, -0.25) is 0 Å². The number of allylic oxidation sites excluding steroid dienone is 4. The fourth-order valence-electron chi connectivity index (χ4n) is 8.84. The zero-order valence-electron chi connectivity index (χ0n) is 49.8. The van der Waals surface area contributed by atoms with Crippen LogP contribution in [0.2, 0.25) is 0 Å². The molecule has 0 atom stereocenters. The van der Waals surface area contributed by atoms with Crippen LogP contribution in [-0.4, -0.2) is 102 Å². The monoisotopic (exact) mass is 1060 g/mol. The quantitative estimate of drug-likeness (QED) is 0.0735. The van der Waals surface area contributed by atoms with Crippen LogP contribution in [0, 0.1) is 0 Å². The van der Waals surface area contributed by atoms with Gasteiger partial charge in [-0.2, -0.15) is 11.4 Å². The summed E-state index contributed by atoms with van der Waals surface area (Å²) in [6, 6.07) is 26.0. The molecular formula is C66H96Ca2N4O2. The van der Waals surface area contributed by atoms with Crippen LogP contribution in [0.5, 0.6) is 0 Å². The van der Waals surface area contributed by atoms with E-state index in [4.69, 9.17) is 30.7 Å². The van der Waals surface area contributed by atoms with Crippen molar-refractivity contribution in [3.8, 4) is 0 Å².